The van der Waals surface area contributed by atoms with Crippen LogP contribution in [-0.2, 0) is 11.2 Å². The van der Waals surface area contributed by atoms with E-state index in [4.69, 9.17) is 5.11 Å². The molecule has 1 rings (SSSR count). The first kappa shape index (κ1) is 14.9. The van der Waals surface area contributed by atoms with Crippen molar-refractivity contribution in [3.05, 3.63) is 30.1 Å². The number of nitrogens with zero attached hydrogens (tertiary/aromatic N) is 1. The van der Waals surface area contributed by atoms with E-state index in [0.29, 0.717) is 13.0 Å². The molecule has 1 heterocycles. The SMILES string of the molecule is CC(C)C(NC(=O)NCCc1ccncc1)C(=O)O. The molecule has 6 nitrogen and oxygen atoms in total. The Morgan fingerprint density at radius 3 is 2.47 bits per heavy atom. The van der Waals surface area contributed by atoms with Crippen molar-refractivity contribution in [2.75, 3.05) is 6.54 Å². The van der Waals surface area contributed by atoms with Crippen molar-refractivity contribution >= 4 is 12.0 Å². The lowest BCUT2D eigenvalue weighted by Gasteiger charge is -2.18. The minimum atomic E-state index is -1.03. The largest absolute Gasteiger partial charge is 0.480 e. The lowest BCUT2D eigenvalue weighted by molar-refractivity contribution is -0.140. The third kappa shape index (κ3) is 5.37. The molecule has 6 heteroatoms. The van der Waals surface area contributed by atoms with Crippen molar-refractivity contribution < 1.29 is 14.7 Å². The highest BCUT2D eigenvalue weighted by Crippen LogP contribution is 2.01. The standard InChI is InChI=1S/C13H19N3O3/c1-9(2)11(12(17)18)16-13(19)15-8-5-10-3-6-14-7-4-10/h3-4,6-7,9,11H,5,8H2,1-2H3,(H,17,18)(H2,15,16,19). The number of aliphatic carboxylic acids is 1. The Balaban J connectivity index is 2.33. The summed E-state index contributed by atoms with van der Waals surface area (Å²) in [5.41, 5.74) is 1.06. The number of amides is 2. The van der Waals surface area contributed by atoms with E-state index >= 15 is 0 Å². The zero-order valence-corrected chi connectivity index (χ0v) is 11.1. The van der Waals surface area contributed by atoms with Crippen LogP contribution in [0.25, 0.3) is 0 Å². The van der Waals surface area contributed by atoms with E-state index in [9.17, 15) is 9.59 Å². The lowest BCUT2D eigenvalue weighted by Crippen LogP contribution is -2.48. The lowest BCUT2D eigenvalue weighted by atomic mass is 10.1. The number of carbonyl (C=O) groups is 2. The van der Waals surface area contributed by atoms with Gasteiger partial charge in [-0.1, -0.05) is 13.8 Å². The highest BCUT2D eigenvalue weighted by Gasteiger charge is 2.22. The number of hydrogen-bond donors (Lipinski definition) is 3. The minimum Gasteiger partial charge on any atom is -0.480 e. The number of nitrogens with one attached hydrogen (secondary N) is 2. The maximum atomic E-state index is 11.6. The van der Waals surface area contributed by atoms with Crippen molar-refractivity contribution in [2.45, 2.75) is 26.3 Å². The smallest absolute Gasteiger partial charge is 0.326 e. The fraction of sp³-hybridized carbons (Fsp3) is 0.462. The van der Waals surface area contributed by atoms with Gasteiger partial charge in [0.1, 0.15) is 6.04 Å². The van der Waals surface area contributed by atoms with Crippen molar-refractivity contribution in [3.8, 4) is 0 Å². The van der Waals surface area contributed by atoms with Crippen LogP contribution in [0, 0.1) is 5.92 Å². The van der Waals surface area contributed by atoms with Gasteiger partial charge in [-0.3, -0.25) is 4.98 Å². The monoisotopic (exact) mass is 265 g/mol. The molecule has 104 valence electrons. The molecule has 0 aliphatic rings. The molecule has 0 saturated carbocycles. The van der Waals surface area contributed by atoms with Gasteiger partial charge < -0.3 is 15.7 Å². The van der Waals surface area contributed by atoms with Gasteiger partial charge >= 0.3 is 12.0 Å². The summed E-state index contributed by atoms with van der Waals surface area (Å²) in [7, 11) is 0. The Labute approximate surface area is 112 Å². The van der Waals surface area contributed by atoms with Gasteiger partial charge in [0.2, 0.25) is 0 Å². The number of hydrogen-bond acceptors (Lipinski definition) is 3. The molecule has 0 aromatic carbocycles. The highest BCUT2D eigenvalue weighted by molar-refractivity contribution is 5.82. The Kier molecular flexibility index (Phi) is 5.78. The Bertz CT molecular complexity index is 420. The van der Waals surface area contributed by atoms with E-state index in [1.165, 1.54) is 0 Å². The van der Waals surface area contributed by atoms with E-state index < -0.39 is 18.0 Å². The van der Waals surface area contributed by atoms with Gasteiger partial charge in [0.25, 0.3) is 0 Å². The molecule has 0 radical (unpaired) electrons. The molecular formula is C13H19N3O3. The number of rotatable bonds is 6. The average Bonchev–Trinajstić information content (AvgIpc) is 2.36. The fourth-order valence-corrected chi connectivity index (χ4v) is 1.58. The summed E-state index contributed by atoms with van der Waals surface area (Å²) in [6, 6.07) is 2.40. The summed E-state index contributed by atoms with van der Waals surface area (Å²) < 4.78 is 0. The summed E-state index contributed by atoms with van der Waals surface area (Å²) in [6.45, 7) is 3.94. The van der Waals surface area contributed by atoms with Gasteiger partial charge in [0.05, 0.1) is 0 Å². The van der Waals surface area contributed by atoms with Crippen LogP contribution < -0.4 is 10.6 Å². The Hall–Kier alpha value is -2.11. The van der Waals surface area contributed by atoms with Crippen LogP contribution in [0.15, 0.2) is 24.5 Å². The van der Waals surface area contributed by atoms with Gasteiger partial charge in [-0.15, -0.1) is 0 Å². The topological polar surface area (TPSA) is 91.3 Å². The maximum absolute atomic E-state index is 11.6. The van der Waals surface area contributed by atoms with E-state index in [-0.39, 0.29) is 5.92 Å². The molecule has 1 aromatic heterocycles. The third-order valence-electron chi connectivity index (χ3n) is 2.67. The third-order valence-corrected chi connectivity index (χ3v) is 2.67. The highest BCUT2D eigenvalue weighted by atomic mass is 16.4. The summed E-state index contributed by atoms with van der Waals surface area (Å²) in [5, 5.41) is 14.0. The van der Waals surface area contributed by atoms with Crippen LogP contribution in [0.2, 0.25) is 0 Å². The van der Waals surface area contributed by atoms with Crippen molar-refractivity contribution in [1.29, 1.82) is 0 Å². The van der Waals surface area contributed by atoms with E-state index in [2.05, 4.69) is 15.6 Å². The normalized spacial score (nSPS) is 11.9. The first-order valence-electron chi connectivity index (χ1n) is 6.16. The van der Waals surface area contributed by atoms with Crippen LogP contribution in [0.5, 0.6) is 0 Å². The van der Waals surface area contributed by atoms with Crippen LogP contribution in [0.3, 0.4) is 0 Å². The number of aromatic nitrogens is 1. The molecule has 2 amide bonds. The van der Waals surface area contributed by atoms with Gasteiger partial charge in [0.15, 0.2) is 0 Å². The fourth-order valence-electron chi connectivity index (χ4n) is 1.58. The average molecular weight is 265 g/mol. The minimum absolute atomic E-state index is 0.163. The molecule has 0 fully saturated rings. The van der Waals surface area contributed by atoms with Gasteiger partial charge in [-0.05, 0) is 30.0 Å². The molecule has 0 aliphatic heterocycles. The van der Waals surface area contributed by atoms with Gasteiger partial charge in [-0.25, -0.2) is 9.59 Å². The predicted octanol–water partition coefficient (Wildman–Crippen LogP) is 1.03. The summed E-state index contributed by atoms with van der Waals surface area (Å²) >= 11 is 0. The second kappa shape index (κ2) is 7.35. The molecule has 1 unspecified atom stereocenters. The molecule has 19 heavy (non-hydrogen) atoms. The molecule has 0 saturated heterocycles. The van der Waals surface area contributed by atoms with Gasteiger partial charge in [0, 0.05) is 18.9 Å². The summed E-state index contributed by atoms with van der Waals surface area (Å²) in [6.07, 6.45) is 4.05. The number of urea groups is 1. The Morgan fingerprint density at radius 2 is 1.95 bits per heavy atom. The van der Waals surface area contributed by atoms with E-state index in [1.54, 1.807) is 26.2 Å². The predicted molar refractivity (Wildman–Crippen MR) is 70.7 cm³/mol. The van der Waals surface area contributed by atoms with Crippen molar-refractivity contribution in [3.63, 3.8) is 0 Å². The zero-order valence-electron chi connectivity index (χ0n) is 11.1. The second-order valence-electron chi connectivity index (χ2n) is 4.57. The van der Waals surface area contributed by atoms with E-state index in [1.807, 2.05) is 12.1 Å². The van der Waals surface area contributed by atoms with Crippen LogP contribution in [0.1, 0.15) is 19.4 Å². The quantitative estimate of drug-likeness (QED) is 0.716. The summed E-state index contributed by atoms with van der Waals surface area (Å²) in [5.74, 6) is -1.19. The van der Waals surface area contributed by atoms with Crippen LogP contribution in [-0.4, -0.2) is 34.7 Å². The van der Waals surface area contributed by atoms with E-state index in [0.717, 1.165) is 5.56 Å². The van der Waals surface area contributed by atoms with Crippen LogP contribution >= 0.6 is 0 Å². The first-order valence-corrected chi connectivity index (χ1v) is 6.16. The van der Waals surface area contributed by atoms with Crippen molar-refractivity contribution in [1.82, 2.24) is 15.6 Å². The number of carboxylic acid groups (broad SMARTS) is 1. The number of pyridine rings is 1. The van der Waals surface area contributed by atoms with Crippen molar-refractivity contribution in [2.24, 2.45) is 5.92 Å². The first-order chi connectivity index (χ1) is 9.00. The number of carboxylic acids is 1. The molecule has 0 spiro atoms. The van der Waals surface area contributed by atoms with Crippen LogP contribution in [0.4, 0.5) is 4.79 Å². The maximum Gasteiger partial charge on any atom is 0.326 e. The molecule has 0 aliphatic carbocycles. The molecule has 0 bridgehead atoms. The zero-order chi connectivity index (χ0) is 14.3. The molecular weight excluding hydrogens is 246 g/mol. The molecule has 1 atom stereocenters. The second-order valence-corrected chi connectivity index (χ2v) is 4.57. The molecule has 1 aromatic rings. The molecule has 3 N–H and O–H groups in total. The Morgan fingerprint density at radius 1 is 1.32 bits per heavy atom. The number of carbonyl (C=O) groups excluding carboxylic acids is 1. The van der Waals surface area contributed by atoms with Gasteiger partial charge in [-0.2, -0.15) is 0 Å². The summed E-state index contributed by atoms with van der Waals surface area (Å²) in [4.78, 5) is 26.4.